The summed E-state index contributed by atoms with van der Waals surface area (Å²) >= 11 is 1.48. The summed E-state index contributed by atoms with van der Waals surface area (Å²) in [6.45, 7) is 3.72. The minimum Gasteiger partial charge on any atom is -0.508 e. The summed E-state index contributed by atoms with van der Waals surface area (Å²) in [7, 11) is 0. The number of aryl methyl sites for hydroxylation is 1. The number of carbonyl (C=O) groups is 1. The monoisotopic (exact) mass is 278 g/mol. The number of nitrogens with zero attached hydrogens (tertiary/aromatic N) is 1. The molecule has 0 radical (unpaired) electrons. The number of hydrogen-bond acceptors (Lipinski definition) is 5. The van der Waals surface area contributed by atoms with E-state index >= 15 is 0 Å². The van der Waals surface area contributed by atoms with E-state index in [9.17, 15) is 15.0 Å². The third kappa shape index (κ3) is 3.23. The Morgan fingerprint density at radius 1 is 1.32 bits per heavy atom. The lowest BCUT2D eigenvalue weighted by molar-refractivity contribution is 0.0939. The lowest BCUT2D eigenvalue weighted by atomic mass is 10.2. The van der Waals surface area contributed by atoms with Crippen molar-refractivity contribution in [2.24, 2.45) is 0 Å². The molecule has 1 amide bonds. The van der Waals surface area contributed by atoms with Crippen LogP contribution in [0.5, 0.6) is 11.5 Å². The van der Waals surface area contributed by atoms with Crippen LogP contribution in [0.1, 0.15) is 34.0 Å². The Hall–Kier alpha value is -2.08. The molecule has 19 heavy (non-hydrogen) atoms. The van der Waals surface area contributed by atoms with E-state index in [0.717, 1.165) is 10.7 Å². The standard InChI is InChI=1S/C13H14N2O3S/c1-7-6-19-13(14-7)8(2)15-12(18)9-3-10(16)5-11(17)4-9/h3-6,8,16-17H,1-2H3,(H,15,18). The molecule has 1 aromatic carbocycles. The van der Waals surface area contributed by atoms with Gasteiger partial charge >= 0.3 is 0 Å². The maximum atomic E-state index is 12.0. The Bertz CT molecular complexity index is 589. The number of rotatable bonds is 3. The molecule has 1 heterocycles. The summed E-state index contributed by atoms with van der Waals surface area (Å²) in [5.41, 5.74) is 1.12. The second kappa shape index (κ2) is 5.27. The van der Waals surface area contributed by atoms with E-state index in [0.29, 0.717) is 0 Å². The molecule has 100 valence electrons. The lowest BCUT2D eigenvalue weighted by Crippen LogP contribution is -2.26. The molecular formula is C13H14N2O3S. The van der Waals surface area contributed by atoms with Gasteiger partial charge in [-0.3, -0.25) is 4.79 Å². The molecule has 0 fully saturated rings. The fourth-order valence-corrected chi connectivity index (χ4v) is 2.44. The molecule has 0 aliphatic carbocycles. The molecule has 0 aliphatic heterocycles. The van der Waals surface area contributed by atoms with E-state index in [1.165, 1.54) is 29.5 Å². The molecule has 1 unspecified atom stereocenters. The van der Waals surface area contributed by atoms with Gasteiger partial charge in [-0.1, -0.05) is 0 Å². The smallest absolute Gasteiger partial charge is 0.252 e. The van der Waals surface area contributed by atoms with Crippen LogP contribution < -0.4 is 5.32 Å². The van der Waals surface area contributed by atoms with Gasteiger partial charge in [0.2, 0.25) is 0 Å². The van der Waals surface area contributed by atoms with Crippen LogP contribution in [-0.4, -0.2) is 21.1 Å². The highest BCUT2D eigenvalue weighted by atomic mass is 32.1. The maximum absolute atomic E-state index is 12.0. The number of hydrogen-bond donors (Lipinski definition) is 3. The van der Waals surface area contributed by atoms with Gasteiger partial charge in [0.1, 0.15) is 16.5 Å². The predicted molar refractivity (Wildman–Crippen MR) is 72.5 cm³/mol. The van der Waals surface area contributed by atoms with Gasteiger partial charge in [0, 0.05) is 22.7 Å². The molecule has 0 saturated heterocycles. The Balaban J connectivity index is 2.12. The van der Waals surface area contributed by atoms with Crippen LogP contribution in [0.15, 0.2) is 23.6 Å². The van der Waals surface area contributed by atoms with Gasteiger partial charge in [0.15, 0.2) is 0 Å². The van der Waals surface area contributed by atoms with E-state index < -0.39 is 0 Å². The summed E-state index contributed by atoms with van der Waals surface area (Å²) in [4.78, 5) is 16.3. The summed E-state index contributed by atoms with van der Waals surface area (Å²) in [5, 5.41) is 24.2. The quantitative estimate of drug-likeness (QED) is 0.805. The second-order valence-electron chi connectivity index (χ2n) is 4.26. The van der Waals surface area contributed by atoms with Crippen LogP contribution in [0.4, 0.5) is 0 Å². The number of aromatic hydroxyl groups is 2. The molecule has 0 aliphatic rings. The zero-order chi connectivity index (χ0) is 14.0. The summed E-state index contributed by atoms with van der Waals surface area (Å²) in [6.07, 6.45) is 0. The summed E-state index contributed by atoms with van der Waals surface area (Å²) in [5.74, 6) is -0.669. The van der Waals surface area contributed by atoms with Gasteiger partial charge in [-0.2, -0.15) is 0 Å². The molecule has 0 bridgehead atoms. The van der Waals surface area contributed by atoms with Crippen molar-refractivity contribution in [2.75, 3.05) is 0 Å². The van der Waals surface area contributed by atoms with Crippen LogP contribution in [-0.2, 0) is 0 Å². The van der Waals surface area contributed by atoms with Crippen LogP contribution >= 0.6 is 11.3 Å². The number of benzene rings is 1. The highest BCUT2D eigenvalue weighted by Gasteiger charge is 2.15. The normalized spacial score (nSPS) is 12.1. The molecule has 6 heteroatoms. The zero-order valence-electron chi connectivity index (χ0n) is 10.5. The minimum absolute atomic E-state index is 0.150. The number of thiazole rings is 1. The number of nitrogens with one attached hydrogen (secondary N) is 1. The Labute approximate surface area is 114 Å². The molecule has 3 N–H and O–H groups in total. The number of phenolic OH excluding ortho intramolecular Hbond substituents is 2. The largest absolute Gasteiger partial charge is 0.508 e. The van der Waals surface area contributed by atoms with E-state index in [1.807, 2.05) is 19.2 Å². The first-order valence-corrected chi connectivity index (χ1v) is 6.59. The van der Waals surface area contributed by atoms with Gasteiger partial charge in [-0.05, 0) is 26.0 Å². The Morgan fingerprint density at radius 2 is 1.95 bits per heavy atom. The molecule has 5 nitrogen and oxygen atoms in total. The Kier molecular flexibility index (Phi) is 3.71. The van der Waals surface area contributed by atoms with Crippen LogP contribution in [0.2, 0.25) is 0 Å². The number of aromatic nitrogens is 1. The highest BCUT2D eigenvalue weighted by Crippen LogP contribution is 2.22. The fourth-order valence-electron chi connectivity index (χ4n) is 1.64. The van der Waals surface area contributed by atoms with Crippen molar-refractivity contribution in [3.05, 3.63) is 39.8 Å². The van der Waals surface area contributed by atoms with Gasteiger partial charge in [0.25, 0.3) is 5.91 Å². The topological polar surface area (TPSA) is 82.5 Å². The van der Waals surface area contributed by atoms with E-state index in [1.54, 1.807) is 0 Å². The van der Waals surface area contributed by atoms with Crippen molar-refractivity contribution in [1.29, 1.82) is 0 Å². The van der Waals surface area contributed by atoms with Crippen LogP contribution in [0.3, 0.4) is 0 Å². The van der Waals surface area contributed by atoms with Crippen molar-refractivity contribution < 1.29 is 15.0 Å². The van der Waals surface area contributed by atoms with Crippen molar-refractivity contribution in [3.8, 4) is 11.5 Å². The minimum atomic E-state index is -0.369. The first kappa shape index (κ1) is 13.4. The molecule has 0 saturated carbocycles. The fraction of sp³-hybridized carbons (Fsp3) is 0.231. The van der Waals surface area contributed by atoms with Gasteiger partial charge in [-0.15, -0.1) is 11.3 Å². The van der Waals surface area contributed by atoms with Gasteiger partial charge < -0.3 is 15.5 Å². The zero-order valence-corrected chi connectivity index (χ0v) is 11.4. The van der Waals surface area contributed by atoms with Crippen molar-refractivity contribution in [2.45, 2.75) is 19.9 Å². The second-order valence-corrected chi connectivity index (χ2v) is 5.15. The summed E-state index contributed by atoms with van der Waals surface area (Å²) in [6, 6.07) is 3.55. The number of carbonyl (C=O) groups excluding carboxylic acids is 1. The average molecular weight is 278 g/mol. The lowest BCUT2D eigenvalue weighted by Gasteiger charge is -2.11. The SMILES string of the molecule is Cc1csc(C(C)NC(=O)c2cc(O)cc(O)c2)n1. The van der Waals surface area contributed by atoms with Crippen LogP contribution in [0.25, 0.3) is 0 Å². The molecule has 2 rings (SSSR count). The third-order valence-corrected chi connectivity index (χ3v) is 3.66. The van der Waals surface area contributed by atoms with Gasteiger partial charge in [0.05, 0.1) is 6.04 Å². The maximum Gasteiger partial charge on any atom is 0.252 e. The molecular weight excluding hydrogens is 264 g/mol. The first-order chi connectivity index (χ1) is 8.95. The van der Waals surface area contributed by atoms with Crippen molar-refractivity contribution in [1.82, 2.24) is 10.3 Å². The van der Waals surface area contributed by atoms with Crippen LogP contribution in [0, 0.1) is 6.92 Å². The first-order valence-electron chi connectivity index (χ1n) is 5.71. The Morgan fingerprint density at radius 3 is 2.47 bits per heavy atom. The van der Waals surface area contributed by atoms with E-state index in [2.05, 4.69) is 10.3 Å². The molecule has 1 atom stereocenters. The number of phenols is 2. The predicted octanol–water partition coefficient (Wildman–Crippen LogP) is 2.35. The van der Waals surface area contributed by atoms with Gasteiger partial charge in [-0.25, -0.2) is 4.98 Å². The van der Waals surface area contributed by atoms with Crippen molar-refractivity contribution in [3.63, 3.8) is 0 Å². The third-order valence-electron chi connectivity index (χ3n) is 2.52. The summed E-state index contributed by atoms with van der Waals surface area (Å²) < 4.78 is 0. The molecule has 2 aromatic rings. The van der Waals surface area contributed by atoms with E-state index in [-0.39, 0.29) is 29.0 Å². The number of amides is 1. The average Bonchev–Trinajstić information content (AvgIpc) is 2.74. The molecule has 0 spiro atoms. The van der Waals surface area contributed by atoms with E-state index in [4.69, 9.17) is 0 Å². The molecule has 1 aromatic heterocycles. The highest BCUT2D eigenvalue weighted by molar-refractivity contribution is 7.09. The van der Waals surface area contributed by atoms with Crippen molar-refractivity contribution >= 4 is 17.2 Å².